The number of hydrogen-bond donors (Lipinski definition) is 1. The van der Waals surface area contributed by atoms with Crippen LogP contribution < -0.4 is 5.32 Å². The Kier molecular flexibility index (Phi) is 6.37. The van der Waals surface area contributed by atoms with Gasteiger partial charge >= 0.3 is 0 Å². The third-order valence-electron chi connectivity index (χ3n) is 3.92. The third kappa shape index (κ3) is 5.53. The number of hydrogen-bond acceptors (Lipinski definition) is 2. The summed E-state index contributed by atoms with van der Waals surface area (Å²) in [4.78, 5) is 2.28. The molecule has 1 N–H and O–H groups in total. The van der Waals surface area contributed by atoms with Gasteiger partial charge in [0.2, 0.25) is 0 Å². The van der Waals surface area contributed by atoms with E-state index in [9.17, 15) is 0 Å². The maximum absolute atomic E-state index is 3.79. The van der Waals surface area contributed by atoms with Crippen molar-refractivity contribution in [2.75, 3.05) is 27.2 Å². The van der Waals surface area contributed by atoms with Crippen LogP contribution in [-0.4, -0.2) is 38.1 Å². The molecule has 0 saturated carbocycles. The summed E-state index contributed by atoms with van der Waals surface area (Å²) in [6, 6.07) is 0.613. The topological polar surface area (TPSA) is 15.3 Å². The van der Waals surface area contributed by atoms with Crippen molar-refractivity contribution < 1.29 is 0 Å². The zero-order valence-electron chi connectivity index (χ0n) is 13.2. The summed E-state index contributed by atoms with van der Waals surface area (Å²) in [7, 11) is 4.32. The van der Waals surface area contributed by atoms with Gasteiger partial charge in [-0.05, 0) is 58.2 Å². The van der Waals surface area contributed by atoms with E-state index < -0.39 is 0 Å². The molecule has 0 saturated heterocycles. The number of allylic oxidation sites excluding steroid dienone is 2. The van der Waals surface area contributed by atoms with Crippen LogP contribution in [0.25, 0.3) is 0 Å². The summed E-state index contributed by atoms with van der Waals surface area (Å²) in [5.41, 5.74) is 1.58. The van der Waals surface area contributed by atoms with Crippen LogP contribution in [-0.2, 0) is 0 Å². The van der Waals surface area contributed by atoms with Crippen molar-refractivity contribution >= 4 is 0 Å². The number of nitrogens with one attached hydrogen (secondary N) is 1. The smallest absolute Gasteiger partial charge is 0.0217 e. The van der Waals surface area contributed by atoms with Crippen molar-refractivity contribution in [1.82, 2.24) is 10.2 Å². The molecule has 0 heterocycles. The highest BCUT2D eigenvalue weighted by Crippen LogP contribution is 2.27. The zero-order valence-corrected chi connectivity index (χ0v) is 13.2. The molecule has 0 aromatic carbocycles. The van der Waals surface area contributed by atoms with Crippen LogP contribution in [0.4, 0.5) is 0 Å². The molecule has 3 atom stereocenters. The fraction of sp³-hybridized carbons (Fsp3) is 0.875. The molecule has 1 aliphatic rings. The van der Waals surface area contributed by atoms with Crippen molar-refractivity contribution in [3.8, 4) is 0 Å². The largest absolute Gasteiger partial charge is 0.312 e. The molecule has 1 rings (SSSR count). The van der Waals surface area contributed by atoms with Gasteiger partial charge in [-0.25, -0.2) is 0 Å². The molecule has 2 heteroatoms. The Labute approximate surface area is 114 Å². The van der Waals surface area contributed by atoms with E-state index in [0.717, 1.165) is 18.4 Å². The van der Waals surface area contributed by atoms with Gasteiger partial charge in [-0.1, -0.05) is 32.4 Å². The first kappa shape index (κ1) is 15.7. The first-order valence-electron chi connectivity index (χ1n) is 7.44. The summed E-state index contributed by atoms with van der Waals surface area (Å²) < 4.78 is 0. The average molecular weight is 252 g/mol. The fourth-order valence-electron chi connectivity index (χ4n) is 3.06. The van der Waals surface area contributed by atoms with E-state index in [4.69, 9.17) is 0 Å². The van der Waals surface area contributed by atoms with E-state index in [1.54, 1.807) is 5.57 Å². The Morgan fingerprint density at radius 2 is 2.06 bits per heavy atom. The maximum atomic E-state index is 3.79. The molecule has 3 unspecified atom stereocenters. The third-order valence-corrected chi connectivity index (χ3v) is 3.92. The van der Waals surface area contributed by atoms with Crippen LogP contribution >= 0.6 is 0 Å². The molecule has 0 aromatic rings. The lowest BCUT2D eigenvalue weighted by atomic mass is 9.83. The molecule has 0 aromatic heterocycles. The van der Waals surface area contributed by atoms with Gasteiger partial charge in [-0.3, -0.25) is 0 Å². The number of likely N-dealkylation sites (N-methyl/N-ethyl adjacent to an activating group) is 1. The summed E-state index contributed by atoms with van der Waals surface area (Å²) in [6.45, 7) is 11.6. The van der Waals surface area contributed by atoms with Crippen molar-refractivity contribution in [3.63, 3.8) is 0 Å². The van der Waals surface area contributed by atoms with Gasteiger partial charge in [-0.2, -0.15) is 0 Å². The molecular weight excluding hydrogens is 220 g/mol. The minimum absolute atomic E-state index is 0.613. The van der Waals surface area contributed by atoms with E-state index in [2.05, 4.69) is 58.1 Å². The Morgan fingerprint density at radius 3 is 2.56 bits per heavy atom. The Bertz CT molecular complexity index is 268. The first-order chi connectivity index (χ1) is 8.38. The lowest BCUT2D eigenvalue weighted by molar-refractivity contribution is 0.267. The van der Waals surface area contributed by atoms with E-state index in [1.807, 2.05) is 0 Å². The van der Waals surface area contributed by atoms with Gasteiger partial charge in [0, 0.05) is 12.6 Å². The molecule has 18 heavy (non-hydrogen) atoms. The van der Waals surface area contributed by atoms with Gasteiger partial charge in [-0.15, -0.1) is 0 Å². The van der Waals surface area contributed by atoms with E-state index in [0.29, 0.717) is 12.0 Å². The predicted molar refractivity (Wildman–Crippen MR) is 80.8 cm³/mol. The summed E-state index contributed by atoms with van der Waals surface area (Å²) >= 11 is 0. The Balaban J connectivity index is 2.40. The van der Waals surface area contributed by atoms with E-state index >= 15 is 0 Å². The molecule has 0 spiro atoms. The van der Waals surface area contributed by atoms with Gasteiger partial charge < -0.3 is 10.2 Å². The van der Waals surface area contributed by atoms with Crippen LogP contribution in [0.3, 0.4) is 0 Å². The molecule has 0 bridgehead atoms. The normalized spacial score (nSPS) is 26.6. The number of rotatable bonds is 6. The highest BCUT2D eigenvalue weighted by Gasteiger charge is 2.20. The number of nitrogens with zero attached hydrogens (tertiary/aromatic N) is 1. The van der Waals surface area contributed by atoms with Gasteiger partial charge in [0.25, 0.3) is 0 Å². The quantitative estimate of drug-likeness (QED) is 0.731. The second kappa shape index (κ2) is 7.30. The molecule has 2 nitrogen and oxygen atoms in total. The predicted octanol–water partition coefficient (Wildman–Crippen LogP) is 3.15. The summed E-state index contributed by atoms with van der Waals surface area (Å²) in [5, 5.41) is 3.79. The van der Waals surface area contributed by atoms with Crippen molar-refractivity contribution in [3.05, 3.63) is 11.6 Å². The second-order valence-corrected chi connectivity index (χ2v) is 6.82. The van der Waals surface area contributed by atoms with Crippen molar-refractivity contribution in [2.24, 2.45) is 17.8 Å². The zero-order chi connectivity index (χ0) is 13.7. The highest BCUT2D eigenvalue weighted by molar-refractivity contribution is 5.06. The second-order valence-electron chi connectivity index (χ2n) is 6.82. The Morgan fingerprint density at radius 1 is 1.39 bits per heavy atom. The highest BCUT2D eigenvalue weighted by atomic mass is 15.1. The monoisotopic (exact) mass is 252 g/mol. The SMILES string of the molecule is CC1=CC(C)CC(CNC(CN(C)C)C(C)C)C1. The van der Waals surface area contributed by atoms with Gasteiger partial charge in [0.1, 0.15) is 0 Å². The van der Waals surface area contributed by atoms with Crippen molar-refractivity contribution in [1.29, 1.82) is 0 Å². The van der Waals surface area contributed by atoms with Crippen LogP contribution in [0.1, 0.15) is 40.5 Å². The standard InChI is InChI=1S/C16H32N2/c1-12(2)16(11-18(5)6)17-10-15-8-13(3)7-14(4)9-15/h7,12-13,15-17H,8-11H2,1-6H3. The van der Waals surface area contributed by atoms with Crippen molar-refractivity contribution in [2.45, 2.75) is 46.6 Å². The minimum atomic E-state index is 0.613. The Hall–Kier alpha value is -0.340. The van der Waals surface area contributed by atoms with Crippen LogP contribution in [0.5, 0.6) is 0 Å². The van der Waals surface area contributed by atoms with Gasteiger partial charge in [0.05, 0.1) is 0 Å². The molecule has 1 aliphatic carbocycles. The van der Waals surface area contributed by atoms with Crippen LogP contribution in [0.15, 0.2) is 11.6 Å². The molecule has 0 fully saturated rings. The van der Waals surface area contributed by atoms with Crippen LogP contribution in [0.2, 0.25) is 0 Å². The van der Waals surface area contributed by atoms with Gasteiger partial charge in [0.15, 0.2) is 0 Å². The first-order valence-corrected chi connectivity index (χ1v) is 7.44. The van der Waals surface area contributed by atoms with E-state index in [1.165, 1.54) is 19.4 Å². The average Bonchev–Trinajstić information content (AvgIpc) is 2.21. The lowest BCUT2D eigenvalue weighted by Gasteiger charge is -2.30. The fourth-order valence-corrected chi connectivity index (χ4v) is 3.06. The molecular formula is C16H32N2. The molecule has 0 radical (unpaired) electrons. The molecule has 0 amide bonds. The van der Waals surface area contributed by atoms with Crippen LogP contribution in [0, 0.1) is 17.8 Å². The van der Waals surface area contributed by atoms with E-state index in [-0.39, 0.29) is 0 Å². The molecule has 0 aliphatic heterocycles. The summed E-state index contributed by atoms with van der Waals surface area (Å²) in [5.74, 6) is 2.29. The minimum Gasteiger partial charge on any atom is -0.312 e. The maximum Gasteiger partial charge on any atom is 0.0217 e. The summed E-state index contributed by atoms with van der Waals surface area (Å²) in [6.07, 6.45) is 5.07. The lowest BCUT2D eigenvalue weighted by Crippen LogP contribution is -2.44. The molecule has 106 valence electrons.